The monoisotopic (exact) mass is 234 g/mol. The average molecular weight is 234 g/mol. The number of carbonyl (C=O) groups is 1. The van der Waals surface area contributed by atoms with E-state index in [9.17, 15) is 13.6 Å². The van der Waals surface area contributed by atoms with E-state index in [-0.39, 0.29) is 11.4 Å². The minimum absolute atomic E-state index is 0.110. The molecule has 17 heavy (non-hydrogen) atoms. The predicted molar refractivity (Wildman–Crippen MR) is 58.5 cm³/mol. The van der Waals surface area contributed by atoms with Crippen LogP contribution < -0.4 is 5.32 Å². The van der Waals surface area contributed by atoms with Gasteiger partial charge in [-0.3, -0.25) is 4.79 Å². The van der Waals surface area contributed by atoms with Crippen LogP contribution in [0.3, 0.4) is 0 Å². The van der Waals surface area contributed by atoms with Crippen molar-refractivity contribution >= 4 is 11.7 Å². The first-order valence-corrected chi connectivity index (χ1v) is 4.84. The normalized spacial score (nSPS) is 10.0. The molecule has 1 heterocycles. The maximum Gasteiger partial charge on any atom is 0.256 e. The molecule has 0 unspecified atom stereocenters. The Morgan fingerprint density at radius 3 is 2.41 bits per heavy atom. The van der Waals surface area contributed by atoms with E-state index in [1.807, 2.05) is 0 Å². The molecule has 0 atom stereocenters. The molecule has 5 heteroatoms. The Bertz CT molecular complexity index is 540. The van der Waals surface area contributed by atoms with Crippen LogP contribution in [0.25, 0.3) is 0 Å². The molecular formula is C12H8F2N2O. The number of carbonyl (C=O) groups excluding carboxylic acids is 1. The van der Waals surface area contributed by atoms with Gasteiger partial charge in [0, 0.05) is 5.56 Å². The minimum Gasteiger partial charge on any atom is -0.306 e. The number of amides is 1. The lowest BCUT2D eigenvalue weighted by atomic mass is 10.2. The van der Waals surface area contributed by atoms with Crippen LogP contribution in [-0.2, 0) is 0 Å². The molecule has 3 nitrogen and oxygen atoms in total. The molecule has 86 valence electrons. The van der Waals surface area contributed by atoms with Gasteiger partial charge in [-0.2, -0.15) is 4.39 Å². The zero-order valence-electron chi connectivity index (χ0n) is 8.65. The number of pyridine rings is 1. The summed E-state index contributed by atoms with van der Waals surface area (Å²) in [6.45, 7) is 0. The van der Waals surface area contributed by atoms with Crippen LogP contribution >= 0.6 is 0 Å². The summed E-state index contributed by atoms with van der Waals surface area (Å²) >= 11 is 0. The van der Waals surface area contributed by atoms with Crippen LogP contribution in [0.5, 0.6) is 0 Å². The van der Waals surface area contributed by atoms with Crippen molar-refractivity contribution in [2.45, 2.75) is 0 Å². The first-order chi connectivity index (χ1) is 8.15. The quantitative estimate of drug-likeness (QED) is 0.811. The van der Waals surface area contributed by atoms with E-state index in [2.05, 4.69) is 10.3 Å². The molecule has 0 radical (unpaired) electrons. The van der Waals surface area contributed by atoms with E-state index >= 15 is 0 Å². The van der Waals surface area contributed by atoms with Crippen LogP contribution in [0.15, 0.2) is 42.5 Å². The molecule has 1 aromatic carbocycles. The van der Waals surface area contributed by atoms with Gasteiger partial charge in [0.25, 0.3) is 5.91 Å². The summed E-state index contributed by atoms with van der Waals surface area (Å²) in [6.07, 6.45) is 0. The molecule has 0 spiro atoms. The van der Waals surface area contributed by atoms with Gasteiger partial charge in [0.2, 0.25) is 5.95 Å². The molecule has 1 amide bonds. The summed E-state index contributed by atoms with van der Waals surface area (Å²) < 4.78 is 25.4. The summed E-state index contributed by atoms with van der Waals surface area (Å²) in [6, 6.07) is 9.09. The molecule has 2 aromatic rings. The Morgan fingerprint density at radius 2 is 1.76 bits per heavy atom. The highest BCUT2D eigenvalue weighted by Gasteiger charge is 2.07. The van der Waals surface area contributed by atoms with Crippen molar-refractivity contribution in [3.8, 4) is 0 Å². The highest BCUT2D eigenvalue weighted by Crippen LogP contribution is 2.08. The van der Waals surface area contributed by atoms with Gasteiger partial charge >= 0.3 is 0 Å². The molecule has 0 saturated heterocycles. The lowest BCUT2D eigenvalue weighted by Crippen LogP contribution is -2.13. The summed E-state index contributed by atoms with van der Waals surface area (Å²) in [5, 5.41) is 2.41. The number of anilines is 1. The van der Waals surface area contributed by atoms with Crippen LogP contribution in [0.4, 0.5) is 14.6 Å². The van der Waals surface area contributed by atoms with Crippen molar-refractivity contribution in [2.75, 3.05) is 5.32 Å². The summed E-state index contributed by atoms with van der Waals surface area (Å²) in [4.78, 5) is 15.1. The summed E-state index contributed by atoms with van der Waals surface area (Å²) in [5.41, 5.74) is 0.275. The van der Waals surface area contributed by atoms with Crippen molar-refractivity contribution in [1.29, 1.82) is 0 Å². The van der Waals surface area contributed by atoms with E-state index in [1.165, 1.54) is 42.5 Å². The molecule has 0 fully saturated rings. The first kappa shape index (κ1) is 11.2. The van der Waals surface area contributed by atoms with Crippen molar-refractivity contribution in [3.63, 3.8) is 0 Å². The van der Waals surface area contributed by atoms with E-state index in [1.54, 1.807) is 0 Å². The summed E-state index contributed by atoms with van der Waals surface area (Å²) in [5.74, 6) is -1.46. The number of aromatic nitrogens is 1. The Balaban J connectivity index is 2.14. The zero-order chi connectivity index (χ0) is 12.3. The molecule has 0 bridgehead atoms. The lowest BCUT2D eigenvalue weighted by molar-refractivity contribution is 0.102. The number of hydrogen-bond acceptors (Lipinski definition) is 2. The van der Waals surface area contributed by atoms with Gasteiger partial charge in [-0.15, -0.1) is 0 Å². The molecule has 0 saturated carbocycles. The minimum atomic E-state index is -0.679. The third-order valence-electron chi connectivity index (χ3n) is 2.06. The van der Waals surface area contributed by atoms with Crippen LogP contribution in [0, 0.1) is 11.8 Å². The standard InChI is InChI=1S/C12H8F2N2O/c13-9-6-4-8(5-7-9)12(17)16-11-3-1-2-10(14)15-11/h1-7H,(H,15,16,17). The van der Waals surface area contributed by atoms with Crippen molar-refractivity contribution in [2.24, 2.45) is 0 Å². The molecule has 2 rings (SSSR count). The van der Waals surface area contributed by atoms with E-state index in [0.29, 0.717) is 0 Å². The number of benzene rings is 1. The number of rotatable bonds is 2. The molecular weight excluding hydrogens is 226 g/mol. The lowest BCUT2D eigenvalue weighted by Gasteiger charge is -2.03. The van der Waals surface area contributed by atoms with Gasteiger partial charge in [-0.25, -0.2) is 9.37 Å². The summed E-state index contributed by atoms with van der Waals surface area (Å²) in [7, 11) is 0. The van der Waals surface area contributed by atoms with Crippen LogP contribution in [0.2, 0.25) is 0 Å². The third kappa shape index (κ3) is 2.84. The largest absolute Gasteiger partial charge is 0.306 e. The van der Waals surface area contributed by atoms with Gasteiger partial charge < -0.3 is 5.32 Å². The number of halogens is 2. The predicted octanol–water partition coefficient (Wildman–Crippen LogP) is 2.61. The number of nitrogens with zero attached hydrogens (tertiary/aromatic N) is 1. The maximum absolute atomic E-state index is 12.8. The Labute approximate surface area is 96.1 Å². The highest BCUT2D eigenvalue weighted by atomic mass is 19.1. The van der Waals surface area contributed by atoms with Crippen LogP contribution in [0.1, 0.15) is 10.4 Å². The molecule has 1 N–H and O–H groups in total. The maximum atomic E-state index is 12.8. The van der Waals surface area contributed by atoms with Crippen LogP contribution in [-0.4, -0.2) is 10.9 Å². The SMILES string of the molecule is O=C(Nc1cccc(F)n1)c1ccc(F)cc1. The highest BCUT2D eigenvalue weighted by molar-refractivity contribution is 6.03. The van der Waals surface area contributed by atoms with E-state index < -0.39 is 17.7 Å². The Kier molecular flexibility index (Phi) is 3.09. The van der Waals surface area contributed by atoms with Gasteiger partial charge in [0.15, 0.2) is 0 Å². The Morgan fingerprint density at radius 1 is 1.06 bits per heavy atom. The molecule has 1 aromatic heterocycles. The second-order valence-corrected chi connectivity index (χ2v) is 3.31. The van der Waals surface area contributed by atoms with Gasteiger partial charge in [0.1, 0.15) is 11.6 Å². The van der Waals surface area contributed by atoms with E-state index in [4.69, 9.17) is 0 Å². The van der Waals surface area contributed by atoms with Gasteiger partial charge in [-0.05, 0) is 36.4 Å². The first-order valence-electron chi connectivity index (χ1n) is 4.84. The Hall–Kier alpha value is -2.30. The topological polar surface area (TPSA) is 42.0 Å². The smallest absolute Gasteiger partial charge is 0.256 e. The number of hydrogen-bond donors (Lipinski definition) is 1. The second-order valence-electron chi connectivity index (χ2n) is 3.31. The fraction of sp³-hybridized carbons (Fsp3) is 0. The molecule has 0 aliphatic heterocycles. The third-order valence-corrected chi connectivity index (χ3v) is 2.06. The van der Waals surface area contributed by atoms with Gasteiger partial charge in [0.05, 0.1) is 0 Å². The van der Waals surface area contributed by atoms with Crippen molar-refractivity contribution < 1.29 is 13.6 Å². The number of nitrogens with one attached hydrogen (secondary N) is 1. The molecule has 0 aliphatic carbocycles. The molecule has 0 aliphatic rings. The van der Waals surface area contributed by atoms with Crippen molar-refractivity contribution in [1.82, 2.24) is 4.98 Å². The zero-order valence-corrected chi connectivity index (χ0v) is 8.65. The fourth-order valence-electron chi connectivity index (χ4n) is 1.27. The van der Waals surface area contributed by atoms with E-state index in [0.717, 1.165) is 0 Å². The average Bonchev–Trinajstić information content (AvgIpc) is 2.29. The second kappa shape index (κ2) is 4.69. The van der Waals surface area contributed by atoms with Crippen molar-refractivity contribution in [3.05, 3.63) is 59.8 Å². The fourth-order valence-corrected chi connectivity index (χ4v) is 1.27. The van der Waals surface area contributed by atoms with Gasteiger partial charge in [-0.1, -0.05) is 6.07 Å².